The van der Waals surface area contributed by atoms with Crippen molar-refractivity contribution in [2.45, 2.75) is 63.8 Å². The van der Waals surface area contributed by atoms with Gasteiger partial charge in [0.05, 0.1) is 13.0 Å². The van der Waals surface area contributed by atoms with Crippen molar-refractivity contribution in [2.75, 3.05) is 26.7 Å². The normalized spacial score (nSPS) is 17.7. The molecule has 5 heteroatoms. The van der Waals surface area contributed by atoms with Crippen LogP contribution in [0.2, 0.25) is 0 Å². The highest BCUT2D eigenvalue weighted by atomic mass is 19.1. The highest BCUT2D eigenvalue weighted by molar-refractivity contribution is 5.79. The first-order valence-electron chi connectivity index (χ1n) is 10.5. The average molecular weight is 377 g/mol. The first kappa shape index (κ1) is 20.1. The molecule has 1 aromatic rings. The van der Waals surface area contributed by atoms with Gasteiger partial charge in [0, 0.05) is 19.2 Å². The predicted octanol–water partition coefficient (Wildman–Crippen LogP) is 3.93. The third-order valence-corrected chi connectivity index (χ3v) is 5.84. The zero-order valence-corrected chi connectivity index (χ0v) is 16.5. The molecule has 1 saturated heterocycles. The van der Waals surface area contributed by atoms with Crippen molar-refractivity contribution in [3.05, 3.63) is 29.6 Å². The Balaban J connectivity index is 1.33. The molecule has 150 valence electrons. The lowest BCUT2D eigenvalue weighted by atomic mass is 9.92. The van der Waals surface area contributed by atoms with E-state index in [1.165, 1.54) is 31.7 Å². The van der Waals surface area contributed by atoms with E-state index in [1.807, 2.05) is 0 Å². The van der Waals surface area contributed by atoms with Crippen molar-refractivity contribution in [1.82, 2.24) is 10.2 Å². The standard InChI is InChI=1S/C22H33FN2O2/c1-25(19-7-8-19)22(26)15-18-6-9-20(16-21(18)23)27-14-4-2-3-5-17-10-12-24-13-11-17/h6,9,16-17,19,24H,2-5,7-8,10-15H2,1H3. The summed E-state index contributed by atoms with van der Waals surface area (Å²) in [7, 11) is 1.81. The minimum atomic E-state index is -0.351. The van der Waals surface area contributed by atoms with Gasteiger partial charge in [0.1, 0.15) is 11.6 Å². The molecule has 0 unspecified atom stereocenters. The molecular weight excluding hydrogens is 343 g/mol. The topological polar surface area (TPSA) is 41.6 Å². The van der Waals surface area contributed by atoms with Crippen molar-refractivity contribution in [1.29, 1.82) is 0 Å². The minimum Gasteiger partial charge on any atom is -0.493 e. The molecule has 4 nitrogen and oxygen atoms in total. The van der Waals surface area contributed by atoms with Crippen molar-refractivity contribution < 1.29 is 13.9 Å². The summed E-state index contributed by atoms with van der Waals surface area (Å²) in [5.41, 5.74) is 0.446. The summed E-state index contributed by atoms with van der Waals surface area (Å²) in [5.74, 6) is 1.07. The van der Waals surface area contributed by atoms with Gasteiger partial charge in [-0.2, -0.15) is 0 Å². The van der Waals surface area contributed by atoms with Crippen LogP contribution in [0.4, 0.5) is 4.39 Å². The number of hydrogen-bond acceptors (Lipinski definition) is 3. The maximum absolute atomic E-state index is 14.3. The van der Waals surface area contributed by atoms with Crippen molar-refractivity contribution in [2.24, 2.45) is 5.92 Å². The van der Waals surface area contributed by atoms with E-state index in [-0.39, 0.29) is 18.1 Å². The van der Waals surface area contributed by atoms with Crippen LogP contribution in [-0.2, 0) is 11.2 Å². The number of unbranched alkanes of at least 4 members (excludes halogenated alkanes) is 2. The largest absolute Gasteiger partial charge is 0.493 e. The second-order valence-corrected chi connectivity index (χ2v) is 8.06. The molecule has 0 radical (unpaired) electrons. The van der Waals surface area contributed by atoms with Crippen molar-refractivity contribution in [3.8, 4) is 5.75 Å². The van der Waals surface area contributed by atoms with E-state index in [2.05, 4.69) is 5.32 Å². The third kappa shape index (κ3) is 6.49. The van der Waals surface area contributed by atoms with Gasteiger partial charge in [-0.3, -0.25) is 4.79 Å². The average Bonchev–Trinajstić information content (AvgIpc) is 3.52. The zero-order chi connectivity index (χ0) is 19.1. The van der Waals surface area contributed by atoms with Gasteiger partial charge in [0.2, 0.25) is 5.91 Å². The Labute approximate surface area is 162 Å². The van der Waals surface area contributed by atoms with E-state index < -0.39 is 0 Å². The molecule has 1 heterocycles. The van der Waals surface area contributed by atoms with Gasteiger partial charge in [-0.1, -0.05) is 25.3 Å². The van der Waals surface area contributed by atoms with Crippen LogP contribution >= 0.6 is 0 Å². The van der Waals surface area contributed by atoms with E-state index in [1.54, 1.807) is 24.1 Å². The second kappa shape index (κ2) is 10.1. The molecule has 1 aromatic carbocycles. The quantitative estimate of drug-likeness (QED) is 0.629. The molecule has 0 atom stereocenters. The molecule has 1 aliphatic heterocycles. The van der Waals surface area contributed by atoms with Crippen LogP contribution in [0.3, 0.4) is 0 Å². The smallest absolute Gasteiger partial charge is 0.227 e. The maximum atomic E-state index is 14.3. The Bertz CT molecular complexity index is 612. The van der Waals surface area contributed by atoms with Gasteiger partial charge >= 0.3 is 0 Å². The Kier molecular flexibility index (Phi) is 7.50. The lowest BCUT2D eigenvalue weighted by Crippen LogP contribution is -2.30. The fraction of sp³-hybridized carbons (Fsp3) is 0.682. The van der Waals surface area contributed by atoms with E-state index in [0.717, 1.165) is 44.7 Å². The molecule has 27 heavy (non-hydrogen) atoms. The highest BCUT2D eigenvalue weighted by Gasteiger charge is 2.29. The van der Waals surface area contributed by atoms with Gasteiger partial charge in [-0.15, -0.1) is 0 Å². The molecule has 2 fully saturated rings. The van der Waals surface area contributed by atoms with E-state index in [9.17, 15) is 9.18 Å². The molecule has 0 bridgehead atoms. The molecule has 1 N–H and O–H groups in total. The highest BCUT2D eigenvalue weighted by Crippen LogP contribution is 2.26. The number of hydrogen-bond donors (Lipinski definition) is 1. The van der Waals surface area contributed by atoms with Gasteiger partial charge < -0.3 is 15.0 Å². The summed E-state index contributed by atoms with van der Waals surface area (Å²) in [6.45, 7) is 2.95. The number of amides is 1. The maximum Gasteiger partial charge on any atom is 0.227 e. The number of ether oxygens (including phenoxy) is 1. The van der Waals surface area contributed by atoms with Crippen molar-refractivity contribution >= 4 is 5.91 Å². The van der Waals surface area contributed by atoms with Gasteiger partial charge in [-0.25, -0.2) is 4.39 Å². The summed E-state index contributed by atoms with van der Waals surface area (Å²) in [6, 6.07) is 5.23. The first-order chi connectivity index (χ1) is 13.1. The fourth-order valence-electron chi connectivity index (χ4n) is 3.79. The summed E-state index contributed by atoms with van der Waals surface area (Å²) >= 11 is 0. The number of carbonyl (C=O) groups is 1. The summed E-state index contributed by atoms with van der Waals surface area (Å²) in [4.78, 5) is 13.9. The van der Waals surface area contributed by atoms with E-state index in [0.29, 0.717) is 24.0 Å². The molecule has 1 saturated carbocycles. The van der Waals surface area contributed by atoms with Crippen molar-refractivity contribution in [3.63, 3.8) is 0 Å². The molecular formula is C22H33FN2O2. The van der Waals surface area contributed by atoms with Crippen LogP contribution < -0.4 is 10.1 Å². The van der Waals surface area contributed by atoms with Crippen LogP contribution in [0, 0.1) is 11.7 Å². The summed E-state index contributed by atoms with van der Waals surface area (Å²) in [5, 5.41) is 3.40. The number of carbonyl (C=O) groups excluding carboxylic acids is 1. The number of nitrogens with zero attached hydrogens (tertiary/aromatic N) is 1. The van der Waals surface area contributed by atoms with Gasteiger partial charge in [0.15, 0.2) is 0 Å². The van der Waals surface area contributed by atoms with Gasteiger partial charge in [-0.05, 0) is 62.7 Å². The van der Waals surface area contributed by atoms with Crippen LogP contribution in [0.15, 0.2) is 18.2 Å². The number of piperidine rings is 1. The minimum absolute atomic E-state index is 0.0150. The first-order valence-corrected chi connectivity index (χ1v) is 10.5. The predicted molar refractivity (Wildman–Crippen MR) is 105 cm³/mol. The molecule has 1 aliphatic carbocycles. The lowest BCUT2D eigenvalue weighted by molar-refractivity contribution is -0.129. The summed E-state index contributed by atoms with van der Waals surface area (Å²) in [6.07, 6.45) is 9.58. The number of rotatable bonds is 10. The second-order valence-electron chi connectivity index (χ2n) is 8.06. The van der Waals surface area contributed by atoms with Gasteiger partial charge in [0.25, 0.3) is 0 Å². The number of nitrogens with one attached hydrogen (secondary N) is 1. The lowest BCUT2D eigenvalue weighted by Gasteiger charge is -2.22. The SMILES string of the molecule is CN(C(=O)Cc1ccc(OCCCCCC2CCNCC2)cc1F)C1CC1. The fourth-order valence-corrected chi connectivity index (χ4v) is 3.79. The number of halogens is 1. The van der Waals surface area contributed by atoms with E-state index >= 15 is 0 Å². The van der Waals surface area contributed by atoms with E-state index in [4.69, 9.17) is 4.74 Å². The molecule has 3 rings (SSSR count). The Hall–Kier alpha value is -1.62. The number of benzene rings is 1. The monoisotopic (exact) mass is 376 g/mol. The summed E-state index contributed by atoms with van der Waals surface area (Å²) < 4.78 is 20.0. The van der Waals surface area contributed by atoms with Crippen LogP contribution in [-0.4, -0.2) is 43.6 Å². The molecule has 0 aromatic heterocycles. The zero-order valence-electron chi connectivity index (χ0n) is 16.5. The van der Waals surface area contributed by atoms with Crippen LogP contribution in [0.25, 0.3) is 0 Å². The Morgan fingerprint density at radius 2 is 1.96 bits per heavy atom. The molecule has 0 spiro atoms. The molecule has 2 aliphatic rings. The third-order valence-electron chi connectivity index (χ3n) is 5.84. The van der Waals surface area contributed by atoms with Crippen LogP contribution in [0.5, 0.6) is 5.75 Å². The Morgan fingerprint density at radius 1 is 1.19 bits per heavy atom. The molecule has 1 amide bonds. The van der Waals surface area contributed by atoms with Crippen LogP contribution in [0.1, 0.15) is 56.9 Å². The Morgan fingerprint density at radius 3 is 2.67 bits per heavy atom. The number of likely N-dealkylation sites (N-methyl/N-ethyl adjacent to an activating group) is 1.